The molecule has 0 radical (unpaired) electrons. The molecule has 0 saturated heterocycles. The maximum atomic E-state index is 8.80. The quantitative estimate of drug-likeness (QED) is 0.330. The molecule has 2 rings (SSSR count). The molecule has 2 aromatic rings. The van der Waals surface area contributed by atoms with Crippen molar-refractivity contribution in [2.24, 2.45) is 10.9 Å². The van der Waals surface area contributed by atoms with Crippen molar-refractivity contribution in [3.8, 4) is 0 Å². The molecule has 0 saturated carbocycles. The van der Waals surface area contributed by atoms with Crippen LogP contribution in [0.1, 0.15) is 23.6 Å². The molecular weight excluding hydrogens is 330 g/mol. The molecule has 0 heterocycles. The van der Waals surface area contributed by atoms with Crippen molar-refractivity contribution in [3.05, 3.63) is 64.1 Å². The van der Waals surface area contributed by atoms with Gasteiger partial charge in [0.2, 0.25) is 0 Å². The van der Waals surface area contributed by atoms with Crippen LogP contribution in [0, 0.1) is 6.92 Å². The number of hydrogen-bond donors (Lipinski definition) is 3. The monoisotopic (exact) mass is 347 g/mol. The number of nitrogens with two attached hydrogens (primary N) is 1. The first-order chi connectivity index (χ1) is 10.1. The summed E-state index contributed by atoms with van der Waals surface area (Å²) in [4.78, 5) is 0. The molecule has 0 fully saturated rings. The highest BCUT2D eigenvalue weighted by atomic mass is 79.9. The number of oxime groups is 1. The van der Waals surface area contributed by atoms with Crippen LogP contribution in [0.15, 0.2) is 58.2 Å². The van der Waals surface area contributed by atoms with E-state index in [9.17, 15) is 0 Å². The molecule has 0 aliphatic rings. The average molecular weight is 348 g/mol. The summed E-state index contributed by atoms with van der Waals surface area (Å²) in [6, 6.07) is 16.0. The fraction of sp³-hybridized carbons (Fsp3) is 0.188. The van der Waals surface area contributed by atoms with Gasteiger partial charge in [-0.05, 0) is 30.2 Å². The minimum atomic E-state index is -0.0586. The summed E-state index contributed by atoms with van der Waals surface area (Å²) in [5.74, 6) is 0.197. The van der Waals surface area contributed by atoms with Crippen LogP contribution in [0.2, 0.25) is 0 Å². The predicted molar refractivity (Wildman–Crippen MR) is 89.7 cm³/mol. The Balaban J connectivity index is 2.25. The highest BCUT2D eigenvalue weighted by Crippen LogP contribution is 2.26. The van der Waals surface area contributed by atoms with Crippen molar-refractivity contribution in [3.63, 3.8) is 0 Å². The summed E-state index contributed by atoms with van der Waals surface area (Å²) < 4.78 is 1.04. The SMILES string of the molecule is Cc1ccc(NC(CC(N)=NO)c2ccccc2)cc1Br. The van der Waals surface area contributed by atoms with Crippen molar-refractivity contribution in [1.82, 2.24) is 0 Å². The lowest BCUT2D eigenvalue weighted by atomic mass is 10.0. The Morgan fingerprint density at radius 2 is 2.00 bits per heavy atom. The van der Waals surface area contributed by atoms with E-state index in [0.29, 0.717) is 6.42 Å². The minimum Gasteiger partial charge on any atom is -0.409 e. The zero-order chi connectivity index (χ0) is 15.2. The molecule has 21 heavy (non-hydrogen) atoms. The van der Waals surface area contributed by atoms with Crippen LogP contribution < -0.4 is 11.1 Å². The molecule has 0 bridgehead atoms. The zero-order valence-corrected chi connectivity index (χ0v) is 13.3. The maximum Gasteiger partial charge on any atom is 0.141 e. The number of hydrogen-bond acceptors (Lipinski definition) is 3. The molecular formula is C16H18BrN3O. The van der Waals surface area contributed by atoms with Gasteiger partial charge < -0.3 is 16.3 Å². The summed E-state index contributed by atoms with van der Waals surface area (Å²) in [5.41, 5.74) is 8.91. The van der Waals surface area contributed by atoms with Crippen LogP contribution in [-0.2, 0) is 0 Å². The topological polar surface area (TPSA) is 70.6 Å². The van der Waals surface area contributed by atoms with Gasteiger partial charge in [0.25, 0.3) is 0 Å². The van der Waals surface area contributed by atoms with E-state index in [1.54, 1.807) is 0 Å². The van der Waals surface area contributed by atoms with E-state index in [2.05, 4.69) is 26.4 Å². The molecule has 0 aliphatic carbocycles. The Morgan fingerprint density at radius 1 is 1.29 bits per heavy atom. The fourth-order valence-electron chi connectivity index (χ4n) is 2.07. The average Bonchev–Trinajstić information content (AvgIpc) is 2.51. The molecule has 1 unspecified atom stereocenters. The lowest BCUT2D eigenvalue weighted by Crippen LogP contribution is -2.21. The highest BCUT2D eigenvalue weighted by molar-refractivity contribution is 9.10. The second kappa shape index (κ2) is 7.13. The number of benzene rings is 2. The van der Waals surface area contributed by atoms with Gasteiger partial charge in [-0.3, -0.25) is 0 Å². The third kappa shape index (κ3) is 4.23. The van der Waals surface area contributed by atoms with Crippen molar-refractivity contribution in [2.75, 3.05) is 5.32 Å². The smallest absolute Gasteiger partial charge is 0.141 e. The summed E-state index contributed by atoms with van der Waals surface area (Å²) in [6.45, 7) is 2.04. The first-order valence-corrected chi connectivity index (χ1v) is 7.43. The Kier molecular flexibility index (Phi) is 5.22. The standard InChI is InChI=1S/C16H18BrN3O/c1-11-7-8-13(9-14(11)17)19-15(10-16(18)20-21)12-5-3-2-4-6-12/h2-9,15,19,21H,10H2,1H3,(H2,18,20). The van der Waals surface area contributed by atoms with Gasteiger partial charge in [0.05, 0.1) is 6.04 Å². The number of amidine groups is 1. The number of anilines is 1. The number of nitrogens with zero attached hydrogens (tertiary/aromatic N) is 1. The Hall–Kier alpha value is -2.01. The molecule has 2 aromatic carbocycles. The second-order valence-electron chi connectivity index (χ2n) is 4.87. The Morgan fingerprint density at radius 3 is 2.62 bits per heavy atom. The molecule has 4 nitrogen and oxygen atoms in total. The van der Waals surface area contributed by atoms with E-state index in [0.717, 1.165) is 15.7 Å². The van der Waals surface area contributed by atoms with E-state index in [4.69, 9.17) is 10.9 Å². The van der Waals surface area contributed by atoms with Crippen molar-refractivity contribution in [1.29, 1.82) is 0 Å². The Labute approximate surface area is 132 Å². The molecule has 5 heteroatoms. The third-order valence-electron chi connectivity index (χ3n) is 3.26. The van der Waals surface area contributed by atoms with Gasteiger partial charge in [-0.1, -0.05) is 57.5 Å². The van der Waals surface area contributed by atoms with E-state index in [1.165, 1.54) is 5.56 Å². The largest absolute Gasteiger partial charge is 0.409 e. The highest BCUT2D eigenvalue weighted by Gasteiger charge is 2.14. The predicted octanol–water partition coefficient (Wildman–Crippen LogP) is 4.05. The van der Waals surface area contributed by atoms with E-state index in [1.807, 2.05) is 55.5 Å². The van der Waals surface area contributed by atoms with E-state index >= 15 is 0 Å². The van der Waals surface area contributed by atoms with Crippen LogP contribution in [0.4, 0.5) is 5.69 Å². The molecule has 4 N–H and O–H groups in total. The summed E-state index contributed by atoms with van der Waals surface area (Å²) in [7, 11) is 0. The second-order valence-corrected chi connectivity index (χ2v) is 5.72. The van der Waals surface area contributed by atoms with Crippen LogP contribution in [-0.4, -0.2) is 11.0 Å². The molecule has 0 spiro atoms. The maximum absolute atomic E-state index is 8.80. The molecule has 110 valence electrons. The van der Waals surface area contributed by atoms with Crippen LogP contribution in [0.25, 0.3) is 0 Å². The number of aryl methyl sites for hydroxylation is 1. The number of nitrogens with one attached hydrogen (secondary N) is 1. The first kappa shape index (κ1) is 15.4. The van der Waals surface area contributed by atoms with Gasteiger partial charge >= 0.3 is 0 Å². The lowest BCUT2D eigenvalue weighted by Gasteiger charge is -2.20. The van der Waals surface area contributed by atoms with Crippen molar-refractivity contribution >= 4 is 27.5 Å². The number of rotatable bonds is 5. The summed E-state index contributed by atoms with van der Waals surface area (Å²) in [5, 5.41) is 15.3. The van der Waals surface area contributed by atoms with Gasteiger partial charge in [0.15, 0.2) is 0 Å². The summed E-state index contributed by atoms with van der Waals surface area (Å²) >= 11 is 3.53. The van der Waals surface area contributed by atoms with Crippen molar-refractivity contribution < 1.29 is 5.21 Å². The van der Waals surface area contributed by atoms with Gasteiger partial charge in [0, 0.05) is 16.6 Å². The zero-order valence-electron chi connectivity index (χ0n) is 11.8. The van der Waals surface area contributed by atoms with Crippen LogP contribution in [0.5, 0.6) is 0 Å². The molecule has 0 aliphatic heterocycles. The Bertz CT molecular complexity index is 629. The minimum absolute atomic E-state index is 0.0586. The normalized spacial score (nSPS) is 13.0. The van der Waals surface area contributed by atoms with Gasteiger partial charge in [-0.15, -0.1) is 0 Å². The lowest BCUT2D eigenvalue weighted by molar-refractivity contribution is 0.316. The fourth-order valence-corrected chi connectivity index (χ4v) is 2.45. The summed E-state index contributed by atoms with van der Waals surface area (Å²) in [6.07, 6.45) is 0.423. The van der Waals surface area contributed by atoms with E-state index < -0.39 is 0 Å². The molecule has 1 atom stereocenters. The van der Waals surface area contributed by atoms with E-state index in [-0.39, 0.29) is 11.9 Å². The molecule has 0 aromatic heterocycles. The van der Waals surface area contributed by atoms with Crippen LogP contribution >= 0.6 is 15.9 Å². The van der Waals surface area contributed by atoms with Crippen molar-refractivity contribution in [2.45, 2.75) is 19.4 Å². The molecule has 0 amide bonds. The van der Waals surface area contributed by atoms with Gasteiger partial charge in [-0.2, -0.15) is 0 Å². The van der Waals surface area contributed by atoms with Gasteiger partial charge in [0.1, 0.15) is 5.84 Å². The number of halogens is 1. The van der Waals surface area contributed by atoms with Gasteiger partial charge in [-0.25, -0.2) is 0 Å². The first-order valence-electron chi connectivity index (χ1n) is 6.64. The van der Waals surface area contributed by atoms with Crippen LogP contribution in [0.3, 0.4) is 0 Å². The third-order valence-corrected chi connectivity index (χ3v) is 4.11.